The first-order valence-electron chi connectivity index (χ1n) is 9.42. The van der Waals surface area contributed by atoms with Gasteiger partial charge in [0.05, 0.1) is 0 Å². The van der Waals surface area contributed by atoms with Crippen LogP contribution in [0.4, 0.5) is 0 Å². The molecule has 6 rings (SSSR count). The zero-order chi connectivity index (χ0) is 18.8. The van der Waals surface area contributed by atoms with E-state index in [0.717, 1.165) is 27.5 Å². The van der Waals surface area contributed by atoms with Crippen molar-refractivity contribution in [3.63, 3.8) is 0 Å². The SMILES string of the molecule is Cc1c(-c2ccccc2)c(=O)c2ccc3c4ccccc4sc4ccc1c2c43. The molecule has 0 saturated heterocycles. The Balaban J connectivity index is 1.88. The van der Waals surface area contributed by atoms with E-state index in [9.17, 15) is 4.79 Å². The molecule has 1 nitrogen and oxygen atoms in total. The maximum atomic E-state index is 13.5. The first-order valence-corrected chi connectivity index (χ1v) is 10.2. The van der Waals surface area contributed by atoms with Gasteiger partial charge >= 0.3 is 0 Å². The van der Waals surface area contributed by atoms with E-state index in [1.165, 1.54) is 30.9 Å². The van der Waals surface area contributed by atoms with Gasteiger partial charge in [-0.05, 0) is 52.4 Å². The van der Waals surface area contributed by atoms with Crippen LogP contribution in [0.5, 0.6) is 0 Å². The fourth-order valence-corrected chi connectivity index (χ4v) is 5.69. The number of aryl methyl sites for hydroxylation is 1. The van der Waals surface area contributed by atoms with Crippen molar-refractivity contribution in [3.8, 4) is 11.1 Å². The van der Waals surface area contributed by atoms with Crippen LogP contribution in [0.15, 0.2) is 83.7 Å². The minimum Gasteiger partial charge on any atom is -0.289 e. The normalized spacial score (nSPS) is 11.9. The average molecular weight is 376 g/mol. The highest BCUT2D eigenvalue weighted by molar-refractivity contribution is 7.25. The summed E-state index contributed by atoms with van der Waals surface area (Å²) >= 11 is 1.80. The quantitative estimate of drug-likeness (QED) is 0.220. The summed E-state index contributed by atoms with van der Waals surface area (Å²) in [5.41, 5.74) is 3.00. The standard InChI is InChI=1S/C26H16OS/c1-15-17-13-14-22-25-19(18-9-5-6-10-21(18)28-22)11-12-20(24(17)25)26(27)23(15)16-7-3-2-4-8-16/h2-14H,1H3. The van der Waals surface area contributed by atoms with E-state index >= 15 is 0 Å². The van der Waals surface area contributed by atoms with E-state index in [1.54, 1.807) is 11.3 Å². The topological polar surface area (TPSA) is 17.1 Å². The zero-order valence-corrected chi connectivity index (χ0v) is 16.1. The van der Waals surface area contributed by atoms with Crippen molar-refractivity contribution < 1.29 is 0 Å². The van der Waals surface area contributed by atoms with Crippen LogP contribution in [0.1, 0.15) is 5.56 Å². The van der Waals surface area contributed by atoms with Crippen molar-refractivity contribution in [1.82, 2.24) is 0 Å². The second-order valence-corrected chi connectivity index (χ2v) is 8.40. The molecule has 1 aromatic heterocycles. The Kier molecular flexibility index (Phi) is 3.18. The Bertz CT molecular complexity index is 1580. The van der Waals surface area contributed by atoms with Crippen molar-refractivity contribution in [2.75, 3.05) is 0 Å². The average Bonchev–Trinajstić information content (AvgIpc) is 2.74. The molecule has 0 aliphatic rings. The maximum absolute atomic E-state index is 13.5. The van der Waals surface area contributed by atoms with Gasteiger partial charge in [-0.25, -0.2) is 0 Å². The summed E-state index contributed by atoms with van der Waals surface area (Å²) in [4.78, 5) is 13.5. The molecule has 0 aliphatic heterocycles. The van der Waals surface area contributed by atoms with E-state index in [4.69, 9.17) is 0 Å². The molecule has 0 N–H and O–H groups in total. The number of fused-ring (bicyclic) bond motifs is 2. The van der Waals surface area contributed by atoms with Gasteiger partial charge in [-0.1, -0.05) is 60.7 Å². The molecule has 132 valence electrons. The Morgan fingerprint density at radius 1 is 0.607 bits per heavy atom. The van der Waals surface area contributed by atoms with Crippen molar-refractivity contribution in [3.05, 3.63) is 94.6 Å². The Morgan fingerprint density at radius 3 is 2.18 bits per heavy atom. The van der Waals surface area contributed by atoms with Crippen LogP contribution in [-0.4, -0.2) is 0 Å². The lowest BCUT2D eigenvalue weighted by Crippen LogP contribution is -2.08. The summed E-state index contributed by atoms with van der Waals surface area (Å²) in [5.74, 6) is 0. The minimum atomic E-state index is 0.128. The molecule has 28 heavy (non-hydrogen) atoms. The molecule has 0 fully saturated rings. The number of hydrogen-bond donors (Lipinski definition) is 0. The number of hydrogen-bond acceptors (Lipinski definition) is 2. The molecule has 0 amide bonds. The smallest absolute Gasteiger partial charge is 0.194 e. The van der Waals surface area contributed by atoms with Gasteiger partial charge in [0.1, 0.15) is 0 Å². The lowest BCUT2D eigenvalue weighted by Gasteiger charge is -2.16. The Morgan fingerprint density at radius 2 is 1.32 bits per heavy atom. The summed E-state index contributed by atoms with van der Waals surface area (Å²) in [6, 6.07) is 27.1. The molecule has 0 bridgehead atoms. The minimum absolute atomic E-state index is 0.128. The fraction of sp³-hybridized carbons (Fsp3) is 0.0385. The van der Waals surface area contributed by atoms with Gasteiger partial charge in [-0.3, -0.25) is 4.79 Å². The van der Waals surface area contributed by atoms with Gasteiger partial charge in [0.2, 0.25) is 0 Å². The molecule has 0 saturated carbocycles. The third kappa shape index (κ3) is 1.98. The lowest BCUT2D eigenvalue weighted by molar-refractivity contribution is 1.48. The van der Waals surface area contributed by atoms with Crippen LogP contribution in [0, 0.1) is 6.92 Å². The highest BCUT2D eigenvalue weighted by Gasteiger charge is 2.18. The Labute approximate surface area is 165 Å². The third-order valence-electron chi connectivity index (χ3n) is 5.83. The van der Waals surface area contributed by atoms with Crippen LogP contribution in [0.3, 0.4) is 0 Å². The molecule has 0 radical (unpaired) electrons. The van der Waals surface area contributed by atoms with Crippen LogP contribution in [0.25, 0.3) is 52.8 Å². The third-order valence-corrected chi connectivity index (χ3v) is 6.97. The van der Waals surface area contributed by atoms with E-state index in [2.05, 4.69) is 49.4 Å². The second-order valence-electron chi connectivity index (χ2n) is 7.32. The molecule has 1 heterocycles. The van der Waals surface area contributed by atoms with Gasteiger partial charge in [-0.15, -0.1) is 11.3 Å². The van der Waals surface area contributed by atoms with Gasteiger partial charge < -0.3 is 0 Å². The summed E-state index contributed by atoms with van der Waals surface area (Å²) in [5, 5.41) is 6.81. The van der Waals surface area contributed by atoms with E-state index in [-0.39, 0.29) is 5.43 Å². The van der Waals surface area contributed by atoms with Crippen molar-refractivity contribution in [2.45, 2.75) is 6.92 Å². The second kappa shape index (κ2) is 5.63. The first-order chi connectivity index (χ1) is 13.7. The van der Waals surface area contributed by atoms with Crippen molar-refractivity contribution >= 4 is 53.1 Å². The molecule has 2 heteroatoms. The highest BCUT2D eigenvalue weighted by Crippen LogP contribution is 2.42. The lowest BCUT2D eigenvalue weighted by atomic mass is 9.88. The predicted molar refractivity (Wildman–Crippen MR) is 122 cm³/mol. The van der Waals surface area contributed by atoms with Gasteiger partial charge in [0.25, 0.3) is 0 Å². The fourth-order valence-electron chi connectivity index (χ4n) is 4.56. The van der Waals surface area contributed by atoms with Crippen LogP contribution in [0.2, 0.25) is 0 Å². The molecule has 6 aromatic rings. The molecular formula is C26H16OS. The summed E-state index contributed by atoms with van der Waals surface area (Å²) in [7, 11) is 0. The molecular weight excluding hydrogens is 360 g/mol. The van der Waals surface area contributed by atoms with Crippen LogP contribution < -0.4 is 5.43 Å². The van der Waals surface area contributed by atoms with Crippen molar-refractivity contribution in [2.24, 2.45) is 0 Å². The Hall–Kier alpha value is -3.23. The largest absolute Gasteiger partial charge is 0.289 e. The number of benzene rings is 5. The number of rotatable bonds is 1. The van der Waals surface area contributed by atoms with Crippen molar-refractivity contribution in [1.29, 1.82) is 0 Å². The van der Waals surface area contributed by atoms with E-state index in [0.29, 0.717) is 0 Å². The first kappa shape index (κ1) is 15.8. The zero-order valence-electron chi connectivity index (χ0n) is 15.3. The maximum Gasteiger partial charge on any atom is 0.194 e. The summed E-state index contributed by atoms with van der Waals surface area (Å²) in [6.45, 7) is 2.08. The monoisotopic (exact) mass is 376 g/mol. The molecule has 0 spiro atoms. The van der Waals surface area contributed by atoms with E-state index < -0.39 is 0 Å². The van der Waals surface area contributed by atoms with E-state index in [1.807, 2.05) is 36.4 Å². The summed E-state index contributed by atoms with van der Waals surface area (Å²) in [6.07, 6.45) is 0. The van der Waals surface area contributed by atoms with Gasteiger partial charge in [0.15, 0.2) is 5.43 Å². The molecule has 5 aromatic carbocycles. The molecule has 0 unspecified atom stereocenters. The molecule has 0 atom stereocenters. The van der Waals surface area contributed by atoms with Gasteiger partial charge in [0, 0.05) is 31.1 Å². The van der Waals surface area contributed by atoms with Gasteiger partial charge in [-0.2, -0.15) is 0 Å². The summed E-state index contributed by atoms with van der Waals surface area (Å²) < 4.78 is 2.51. The molecule has 0 aliphatic carbocycles. The van der Waals surface area contributed by atoms with Crippen LogP contribution >= 0.6 is 11.3 Å². The highest BCUT2D eigenvalue weighted by atomic mass is 32.1. The predicted octanol–water partition coefficient (Wildman–Crippen LogP) is 7.13. The van der Waals surface area contributed by atoms with Crippen LogP contribution in [-0.2, 0) is 0 Å².